The number of carboxylic acids is 1. The van der Waals surface area contributed by atoms with Gasteiger partial charge in [-0.15, -0.1) is 0 Å². The maximum absolute atomic E-state index is 11.3. The highest BCUT2D eigenvalue weighted by Crippen LogP contribution is 2.34. The molecule has 3 rings (SSSR count). The minimum Gasteiger partial charge on any atom is -0.497 e. The van der Waals surface area contributed by atoms with Crippen LogP contribution in [0.25, 0.3) is 21.8 Å². The standard InChI is InChI=1S/C17H15ClN2O4/c1-24-10-3-5-13-12(7-10)16(20-15(8-21)17(22)23)11-4-2-9(18)6-14(11)19-13/h2-7,15,21H,8H2,1H3,(H,19,20)(H,22,23)/t15-/m0/s1. The maximum atomic E-state index is 11.3. The largest absolute Gasteiger partial charge is 0.497 e. The fraction of sp³-hybridized carbons (Fsp3) is 0.176. The number of rotatable bonds is 5. The van der Waals surface area contributed by atoms with Gasteiger partial charge in [-0.05, 0) is 36.4 Å². The summed E-state index contributed by atoms with van der Waals surface area (Å²) in [6, 6.07) is 9.38. The van der Waals surface area contributed by atoms with Gasteiger partial charge in [0.2, 0.25) is 0 Å². The number of carbonyl (C=O) groups is 1. The summed E-state index contributed by atoms with van der Waals surface area (Å²) < 4.78 is 5.24. The normalized spacial score (nSPS) is 12.3. The predicted octanol–water partition coefficient (Wildman–Crippen LogP) is 2.91. The Labute approximate surface area is 142 Å². The highest BCUT2D eigenvalue weighted by Gasteiger charge is 2.19. The number of fused-ring (bicyclic) bond motifs is 2. The first-order valence-electron chi connectivity index (χ1n) is 7.20. The van der Waals surface area contributed by atoms with Gasteiger partial charge in [-0.1, -0.05) is 11.6 Å². The van der Waals surface area contributed by atoms with Gasteiger partial charge in [-0.3, -0.25) is 0 Å². The van der Waals surface area contributed by atoms with Crippen molar-refractivity contribution in [2.24, 2.45) is 0 Å². The number of aliphatic hydroxyl groups excluding tert-OH is 1. The lowest BCUT2D eigenvalue weighted by molar-refractivity contribution is -0.138. The van der Waals surface area contributed by atoms with Crippen molar-refractivity contribution in [2.75, 3.05) is 19.0 Å². The number of aliphatic hydroxyl groups is 1. The number of aromatic nitrogens is 1. The number of halogens is 1. The number of aliphatic carboxylic acids is 1. The molecule has 0 radical (unpaired) electrons. The topological polar surface area (TPSA) is 91.7 Å². The van der Waals surface area contributed by atoms with E-state index < -0.39 is 18.6 Å². The second-order valence-electron chi connectivity index (χ2n) is 5.25. The highest BCUT2D eigenvalue weighted by atomic mass is 35.5. The number of benzene rings is 2. The zero-order valence-electron chi connectivity index (χ0n) is 12.8. The van der Waals surface area contributed by atoms with Gasteiger partial charge in [0.25, 0.3) is 0 Å². The fourth-order valence-corrected chi connectivity index (χ4v) is 2.70. The Kier molecular flexibility index (Phi) is 4.42. The number of methoxy groups -OCH3 is 1. The van der Waals surface area contributed by atoms with E-state index in [1.54, 1.807) is 43.5 Å². The molecule has 3 N–H and O–H groups in total. The first kappa shape index (κ1) is 16.3. The lowest BCUT2D eigenvalue weighted by atomic mass is 10.1. The van der Waals surface area contributed by atoms with E-state index in [1.807, 2.05) is 0 Å². The van der Waals surface area contributed by atoms with Gasteiger partial charge in [0.15, 0.2) is 0 Å². The lowest BCUT2D eigenvalue weighted by Gasteiger charge is -2.18. The number of anilines is 1. The number of hydrogen-bond donors (Lipinski definition) is 3. The number of carboxylic acid groups (broad SMARTS) is 1. The van der Waals surface area contributed by atoms with E-state index in [0.29, 0.717) is 38.3 Å². The second kappa shape index (κ2) is 6.51. The Hall–Kier alpha value is -2.57. The Balaban J connectivity index is 2.31. The molecule has 1 aromatic heterocycles. The van der Waals surface area contributed by atoms with Crippen LogP contribution >= 0.6 is 11.6 Å². The van der Waals surface area contributed by atoms with Crippen molar-refractivity contribution < 1.29 is 19.7 Å². The average molecular weight is 347 g/mol. The monoisotopic (exact) mass is 346 g/mol. The number of hydrogen-bond acceptors (Lipinski definition) is 5. The van der Waals surface area contributed by atoms with Gasteiger partial charge in [-0.25, -0.2) is 9.78 Å². The summed E-state index contributed by atoms with van der Waals surface area (Å²) in [4.78, 5) is 15.9. The summed E-state index contributed by atoms with van der Waals surface area (Å²) in [6.45, 7) is -0.543. The molecule has 0 spiro atoms. The van der Waals surface area contributed by atoms with E-state index in [1.165, 1.54) is 0 Å². The molecule has 0 fully saturated rings. The lowest BCUT2D eigenvalue weighted by Crippen LogP contribution is -2.32. The van der Waals surface area contributed by atoms with Gasteiger partial charge in [0.1, 0.15) is 11.8 Å². The molecule has 1 atom stereocenters. The number of ether oxygens (including phenoxy) is 1. The van der Waals surface area contributed by atoms with Crippen LogP contribution in [0.2, 0.25) is 5.02 Å². The van der Waals surface area contributed by atoms with Crippen LogP contribution in [0, 0.1) is 0 Å². The molecule has 0 amide bonds. The second-order valence-corrected chi connectivity index (χ2v) is 5.69. The van der Waals surface area contributed by atoms with Crippen molar-refractivity contribution in [2.45, 2.75) is 6.04 Å². The summed E-state index contributed by atoms with van der Waals surface area (Å²) in [5, 5.41) is 23.4. The van der Waals surface area contributed by atoms with Crippen LogP contribution in [0.4, 0.5) is 5.69 Å². The Morgan fingerprint density at radius 1 is 1.25 bits per heavy atom. The summed E-state index contributed by atoms with van der Waals surface area (Å²) in [5.41, 5.74) is 1.85. The van der Waals surface area contributed by atoms with Crippen LogP contribution < -0.4 is 10.1 Å². The molecule has 0 aliphatic heterocycles. The van der Waals surface area contributed by atoms with Gasteiger partial charge in [-0.2, -0.15) is 0 Å². The number of nitrogens with zero attached hydrogens (tertiary/aromatic N) is 1. The van der Waals surface area contributed by atoms with Crippen LogP contribution in [0.5, 0.6) is 5.75 Å². The van der Waals surface area contributed by atoms with E-state index in [4.69, 9.17) is 16.3 Å². The van der Waals surface area contributed by atoms with E-state index >= 15 is 0 Å². The third-order valence-corrected chi connectivity index (χ3v) is 3.98. The Bertz CT molecular complexity index is 929. The van der Waals surface area contributed by atoms with Crippen molar-refractivity contribution in [3.63, 3.8) is 0 Å². The number of pyridine rings is 1. The molecular weight excluding hydrogens is 332 g/mol. The van der Waals surface area contributed by atoms with E-state index in [0.717, 1.165) is 0 Å². The molecule has 2 aromatic carbocycles. The smallest absolute Gasteiger partial charge is 0.328 e. The molecular formula is C17H15ClN2O4. The van der Waals surface area contributed by atoms with Crippen LogP contribution in [0.3, 0.4) is 0 Å². The van der Waals surface area contributed by atoms with Gasteiger partial charge >= 0.3 is 5.97 Å². The van der Waals surface area contributed by atoms with Crippen molar-refractivity contribution in [3.8, 4) is 5.75 Å². The maximum Gasteiger partial charge on any atom is 0.328 e. The fourth-order valence-electron chi connectivity index (χ4n) is 2.54. The van der Waals surface area contributed by atoms with Gasteiger partial charge < -0.3 is 20.3 Å². The molecule has 0 unspecified atom stereocenters. The van der Waals surface area contributed by atoms with Crippen LogP contribution in [-0.2, 0) is 4.79 Å². The minimum absolute atomic E-state index is 0.533. The summed E-state index contributed by atoms with van der Waals surface area (Å²) in [5.74, 6) is -0.524. The molecule has 0 bridgehead atoms. The molecule has 6 nitrogen and oxygen atoms in total. The zero-order valence-corrected chi connectivity index (χ0v) is 13.5. The van der Waals surface area contributed by atoms with Crippen molar-refractivity contribution in [1.82, 2.24) is 4.98 Å². The van der Waals surface area contributed by atoms with Crippen LogP contribution in [0.1, 0.15) is 0 Å². The summed E-state index contributed by atoms with van der Waals surface area (Å²) in [7, 11) is 1.55. The van der Waals surface area contributed by atoms with E-state index in [-0.39, 0.29) is 0 Å². The van der Waals surface area contributed by atoms with Gasteiger partial charge in [0, 0.05) is 15.8 Å². The van der Waals surface area contributed by atoms with Crippen LogP contribution in [0.15, 0.2) is 36.4 Å². The highest BCUT2D eigenvalue weighted by molar-refractivity contribution is 6.31. The Morgan fingerprint density at radius 3 is 2.71 bits per heavy atom. The first-order valence-corrected chi connectivity index (χ1v) is 7.58. The first-order chi connectivity index (χ1) is 11.5. The third kappa shape index (κ3) is 2.93. The number of nitrogens with one attached hydrogen (secondary N) is 1. The zero-order chi connectivity index (χ0) is 17.3. The SMILES string of the molecule is COc1ccc2nc3cc(Cl)ccc3c(N[C@@H](CO)C(=O)O)c2c1. The molecule has 0 saturated heterocycles. The molecule has 1 heterocycles. The van der Waals surface area contributed by atoms with Gasteiger partial charge in [0.05, 0.1) is 30.4 Å². The molecule has 3 aromatic rings. The van der Waals surface area contributed by atoms with Crippen molar-refractivity contribution in [3.05, 3.63) is 41.4 Å². The van der Waals surface area contributed by atoms with Crippen molar-refractivity contribution in [1.29, 1.82) is 0 Å². The molecule has 0 aliphatic rings. The third-order valence-electron chi connectivity index (χ3n) is 3.74. The molecule has 0 aliphatic carbocycles. The molecule has 7 heteroatoms. The quantitative estimate of drug-likeness (QED) is 0.615. The predicted molar refractivity (Wildman–Crippen MR) is 92.9 cm³/mol. The van der Waals surface area contributed by atoms with Crippen LogP contribution in [-0.4, -0.2) is 40.9 Å². The van der Waals surface area contributed by atoms with Crippen molar-refractivity contribution >= 4 is 45.1 Å². The molecule has 24 heavy (non-hydrogen) atoms. The summed E-state index contributed by atoms with van der Waals surface area (Å²) >= 11 is 6.04. The minimum atomic E-state index is -1.15. The van der Waals surface area contributed by atoms with E-state index in [9.17, 15) is 15.0 Å². The Morgan fingerprint density at radius 2 is 2.04 bits per heavy atom. The molecule has 124 valence electrons. The molecule has 0 saturated carbocycles. The average Bonchev–Trinajstić information content (AvgIpc) is 2.57. The van der Waals surface area contributed by atoms with E-state index in [2.05, 4.69) is 10.3 Å². The summed E-state index contributed by atoms with van der Waals surface area (Å²) in [6.07, 6.45) is 0.